The third-order valence-corrected chi connectivity index (χ3v) is 5.61. The van der Waals surface area contributed by atoms with Crippen molar-refractivity contribution in [2.75, 3.05) is 6.54 Å². The van der Waals surface area contributed by atoms with Crippen LogP contribution in [0.3, 0.4) is 0 Å². The number of nitrogens with two attached hydrogens (primary N) is 1. The number of β-amino-alcohol motifs (C(OH)–C–C–N with tert-alkyl or cyclic N) is 1. The summed E-state index contributed by atoms with van der Waals surface area (Å²) in [6, 6.07) is 7.36. The second kappa shape index (κ2) is 10.3. The maximum absolute atomic E-state index is 13.5. The van der Waals surface area contributed by atoms with Crippen LogP contribution in [0.1, 0.15) is 27.6 Å². The van der Waals surface area contributed by atoms with Gasteiger partial charge < -0.3 is 20.8 Å². The number of primary amides is 1. The molecule has 0 saturated carbocycles. The molecule has 1 unspecified atom stereocenters. The molecule has 18 heteroatoms. The second-order valence-electron chi connectivity index (χ2n) is 8.08. The van der Waals surface area contributed by atoms with E-state index in [0.717, 1.165) is 22.2 Å². The normalized spacial score (nSPS) is 16.9. The lowest BCUT2D eigenvalue weighted by atomic mass is 10.2. The van der Waals surface area contributed by atoms with Gasteiger partial charge in [0.1, 0.15) is 12.1 Å². The lowest BCUT2D eigenvalue weighted by Crippen LogP contribution is -2.49. The Kier molecular flexibility index (Phi) is 7.42. The number of nitrogens with zero attached hydrogens (tertiary/aromatic N) is 7. The highest BCUT2D eigenvalue weighted by atomic mass is 35.5. The van der Waals surface area contributed by atoms with Crippen molar-refractivity contribution in [2.45, 2.75) is 31.4 Å². The van der Waals surface area contributed by atoms with E-state index in [1.807, 2.05) is 0 Å². The van der Waals surface area contributed by atoms with Crippen molar-refractivity contribution in [1.29, 1.82) is 0 Å². The van der Waals surface area contributed by atoms with Crippen LogP contribution in [0.5, 0.6) is 0 Å². The Morgan fingerprint density at radius 1 is 1.13 bits per heavy atom. The van der Waals surface area contributed by atoms with Crippen molar-refractivity contribution in [3.05, 3.63) is 70.4 Å². The molecule has 208 valence electrons. The van der Waals surface area contributed by atoms with Crippen LogP contribution in [0.15, 0.2) is 47.7 Å². The average molecular weight is 579 g/mol. The van der Waals surface area contributed by atoms with E-state index in [1.165, 1.54) is 24.3 Å². The fraction of sp³-hybridized carbons (Fsp3) is 0.286. The molecule has 2 atom stereocenters. The molecule has 1 aliphatic heterocycles. The summed E-state index contributed by atoms with van der Waals surface area (Å²) in [4.78, 5) is 20.2. The maximum Gasteiger partial charge on any atom is 0.420 e. The lowest BCUT2D eigenvalue weighted by Gasteiger charge is -2.29. The second-order valence-corrected chi connectivity index (χ2v) is 8.52. The number of alkyl halides is 6. The summed E-state index contributed by atoms with van der Waals surface area (Å²) in [7, 11) is 0. The quantitative estimate of drug-likeness (QED) is 0.362. The number of amidine groups is 1. The number of hydrogen-bond donors (Lipinski definition) is 3. The van der Waals surface area contributed by atoms with Crippen molar-refractivity contribution in [2.24, 2.45) is 10.8 Å². The van der Waals surface area contributed by atoms with Crippen LogP contribution >= 0.6 is 11.6 Å². The summed E-state index contributed by atoms with van der Waals surface area (Å²) in [5.41, 5.74) is 4.24. The Morgan fingerprint density at radius 3 is 2.38 bits per heavy atom. The fourth-order valence-electron chi connectivity index (χ4n) is 3.57. The molecule has 2 aromatic heterocycles. The molecular formula is C21H17ClF6N8O3. The number of benzene rings is 1. The summed E-state index contributed by atoms with van der Waals surface area (Å²) < 4.78 is 80.3. The number of amides is 1. The van der Waals surface area contributed by atoms with E-state index in [4.69, 9.17) is 17.3 Å². The zero-order chi connectivity index (χ0) is 28.7. The molecule has 4 N–H and O–H groups in total. The van der Waals surface area contributed by atoms with E-state index in [2.05, 4.69) is 20.2 Å². The molecule has 0 spiro atoms. The van der Waals surface area contributed by atoms with Crippen LogP contribution in [-0.2, 0) is 12.7 Å². The van der Waals surface area contributed by atoms with Gasteiger partial charge in [-0.1, -0.05) is 11.6 Å². The number of hydrogen-bond acceptors (Lipinski definition) is 9. The minimum atomic E-state index is -5.02. The number of aliphatic hydroxyl groups is 2. The van der Waals surface area contributed by atoms with Gasteiger partial charge in [-0.05, 0) is 36.4 Å². The van der Waals surface area contributed by atoms with Gasteiger partial charge in [0.25, 0.3) is 5.91 Å². The largest absolute Gasteiger partial charge is 0.420 e. The Hall–Kier alpha value is -3.96. The maximum atomic E-state index is 13.5. The van der Waals surface area contributed by atoms with Crippen molar-refractivity contribution < 1.29 is 41.4 Å². The highest BCUT2D eigenvalue weighted by Gasteiger charge is 2.44. The van der Waals surface area contributed by atoms with Gasteiger partial charge in [0.15, 0.2) is 23.6 Å². The van der Waals surface area contributed by atoms with Crippen molar-refractivity contribution in [3.63, 3.8) is 0 Å². The number of aliphatic hydroxyl groups excluding tert-OH is 2. The van der Waals surface area contributed by atoms with Crippen molar-refractivity contribution in [1.82, 2.24) is 29.7 Å². The predicted octanol–water partition coefficient (Wildman–Crippen LogP) is 2.11. The lowest BCUT2D eigenvalue weighted by molar-refractivity contribution is -0.212. The fourth-order valence-corrected chi connectivity index (χ4v) is 3.70. The minimum absolute atomic E-state index is 0.193. The highest BCUT2D eigenvalue weighted by molar-refractivity contribution is 6.30. The molecule has 1 aliphatic rings. The average Bonchev–Trinajstić information content (AvgIpc) is 3.41. The first-order valence-corrected chi connectivity index (χ1v) is 11.1. The van der Waals surface area contributed by atoms with Crippen LogP contribution in [0, 0.1) is 0 Å². The summed E-state index contributed by atoms with van der Waals surface area (Å²) >= 11 is 5.86. The molecule has 0 fully saturated rings. The minimum Gasteiger partial charge on any atom is -0.382 e. The number of halogens is 7. The monoisotopic (exact) mass is 578 g/mol. The van der Waals surface area contributed by atoms with Gasteiger partial charge in [-0.15, -0.1) is 5.10 Å². The number of hydrazone groups is 1. The smallest absolute Gasteiger partial charge is 0.382 e. The molecule has 3 heterocycles. The Balaban J connectivity index is 1.71. The van der Waals surface area contributed by atoms with Crippen LogP contribution in [0.25, 0.3) is 5.82 Å². The van der Waals surface area contributed by atoms with E-state index in [-0.39, 0.29) is 17.2 Å². The molecule has 11 nitrogen and oxygen atoms in total. The number of carbonyl (C=O) groups is 1. The van der Waals surface area contributed by atoms with Gasteiger partial charge >= 0.3 is 12.4 Å². The van der Waals surface area contributed by atoms with E-state index >= 15 is 0 Å². The zero-order valence-electron chi connectivity index (χ0n) is 19.3. The molecule has 1 amide bonds. The number of carbonyl (C=O) groups excluding carboxylic acids is 1. The van der Waals surface area contributed by atoms with Crippen molar-refractivity contribution >= 4 is 23.3 Å². The van der Waals surface area contributed by atoms with Gasteiger partial charge in [-0.25, -0.2) is 15.0 Å². The Bertz CT molecular complexity index is 1400. The standard InChI is InChI=1S/C21H17ClF6N8O3/c22-11-5-3-10(4-6-11)16-33-35(19(39)34(16)8-13(37)21(26,27)28)9-14-31-18(15(29)38)36(32-14)17-12(20(23,24)25)2-1-7-30-17/h1-7,13,19,37,39H,8-9H2,(H2,29,38)/t13-,19?/m0/s1. The Labute approximate surface area is 219 Å². The number of aromatic nitrogens is 4. The van der Waals surface area contributed by atoms with E-state index in [1.54, 1.807) is 0 Å². The first-order valence-electron chi connectivity index (χ1n) is 10.8. The van der Waals surface area contributed by atoms with Crippen LogP contribution in [0.4, 0.5) is 26.3 Å². The van der Waals surface area contributed by atoms with Gasteiger partial charge in [0.2, 0.25) is 12.2 Å². The Morgan fingerprint density at radius 2 is 1.79 bits per heavy atom. The predicted molar refractivity (Wildman–Crippen MR) is 121 cm³/mol. The van der Waals surface area contributed by atoms with Crippen LogP contribution in [-0.4, -0.2) is 76.8 Å². The first-order chi connectivity index (χ1) is 18.2. The summed E-state index contributed by atoms with van der Waals surface area (Å²) in [5.74, 6) is -3.36. The van der Waals surface area contributed by atoms with E-state index in [0.29, 0.717) is 15.8 Å². The first kappa shape index (κ1) is 28.1. The summed E-state index contributed by atoms with van der Waals surface area (Å²) in [5, 5.41) is 29.5. The molecule has 0 bridgehead atoms. The third-order valence-electron chi connectivity index (χ3n) is 5.36. The van der Waals surface area contributed by atoms with E-state index in [9.17, 15) is 41.4 Å². The molecular weight excluding hydrogens is 562 g/mol. The molecule has 4 rings (SSSR count). The summed E-state index contributed by atoms with van der Waals surface area (Å²) in [6.07, 6.45) is -13.7. The van der Waals surface area contributed by atoms with Crippen molar-refractivity contribution in [3.8, 4) is 5.82 Å². The molecule has 39 heavy (non-hydrogen) atoms. The third kappa shape index (κ3) is 5.89. The molecule has 3 aromatic rings. The van der Waals surface area contributed by atoms with E-state index < -0.39 is 61.0 Å². The number of pyridine rings is 1. The van der Waals surface area contributed by atoms with Gasteiger partial charge in [-0.2, -0.15) is 36.1 Å². The summed E-state index contributed by atoms with van der Waals surface area (Å²) in [6.45, 7) is -1.72. The molecule has 0 radical (unpaired) electrons. The van der Waals surface area contributed by atoms with Crippen LogP contribution < -0.4 is 5.73 Å². The molecule has 0 aliphatic carbocycles. The van der Waals surface area contributed by atoms with Gasteiger partial charge in [-0.3, -0.25) is 4.79 Å². The number of rotatable bonds is 7. The van der Waals surface area contributed by atoms with Crippen LogP contribution in [0.2, 0.25) is 5.02 Å². The molecule has 0 saturated heterocycles. The SMILES string of the molecule is NC(=O)c1nc(CN2N=C(c3ccc(Cl)cc3)N(C[C@H](O)C(F)(F)F)C2O)nn1-c1ncccc1C(F)(F)F. The zero-order valence-corrected chi connectivity index (χ0v) is 20.0. The van der Waals surface area contributed by atoms with Gasteiger partial charge in [0, 0.05) is 16.8 Å². The topological polar surface area (TPSA) is 146 Å². The molecule has 1 aromatic carbocycles. The van der Waals surface area contributed by atoms with Gasteiger partial charge in [0.05, 0.1) is 6.54 Å². The highest BCUT2D eigenvalue weighted by Crippen LogP contribution is 2.33.